The summed E-state index contributed by atoms with van der Waals surface area (Å²) in [7, 11) is -1.27. The van der Waals surface area contributed by atoms with Crippen molar-refractivity contribution in [2.75, 3.05) is 32.2 Å². The van der Waals surface area contributed by atoms with Crippen LogP contribution in [0.3, 0.4) is 0 Å². The molecule has 0 radical (unpaired) electrons. The minimum atomic E-state index is -3.69. The molecule has 31 heavy (non-hydrogen) atoms. The molecule has 1 fully saturated rings. The maximum Gasteiger partial charge on any atom is 0.355 e. The highest BCUT2D eigenvalue weighted by atomic mass is 32.2. The number of carbonyl (C=O) groups is 2. The van der Waals surface area contributed by atoms with E-state index in [2.05, 4.69) is 6.92 Å². The third kappa shape index (κ3) is 4.72. The van der Waals surface area contributed by atoms with Crippen molar-refractivity contribution in [2.24, 2.45) is 5.92 Å². The first-order valence-corrected chi connectivity index (χ1v) is 11.4. The van der Waals surface area contributed by atoms with Gasteiger partial charge in [-0.25, -0.2) is 18.0 Å². The molecule has 9 heteroatoms. The van der Waals surface area contributed by atoms with Crippen LogP contribution in [0.1, 0.15) is 19.8 Å². The number of allylic oxidation sites excluding steroid dienone is 2. The number of anilines is 1. The highest BCUT2D eigenvalue weighted by molar-refractivity contribution is 7.89. The molecule has 0 amide bonds. The van der Waals surface area contributed by atoms with Gasteiger partial charge in [-0.15, -0.1) is 0 Å². The fourth-order valence-electron chi connectivity index (χ4n) is 3.53. The fraction of sp³-hybridized carbons (Fsp3) is 0.364. The van der Waals surface area contributed by atoms with Crippen molar-refractivity contribution in [3.8, 4) is 0 Å². The minimum absolute atomic E-state index is 0.00220. The molecule has 2 aliphatic rings. The van der Waals surface area contributed by atoms with Gasteiger partial charge in [-0.3, -0.25) is 0 Å². The molecule has 0 bridgehead atoms. The van der Waals surface area contributed by atoms with Gasteiger partial charge in [-0.2, -0.15) is 4.31 Å². The predicted octanol–water partition coefficient (Wildman–Crippen LogP) is 2.60. The van der Waals surface area contributed by atoms with Crippen LogP contribution >= 0.6 is 0 Å². The van der Waals surface area contributed by atoms with Gasteiger partial charge < -0.3 is 14.4 Å². The van der Waals surface area contributed by atoms with Crippen LogP contribution in [0.2, 0.25) is 0 Å². The Morgan fingerprint density at radius 2 is 1.71 bits per heavy atom. The number of nitrogens with zero attached hydrogens (tertiary/aromatic N) is 2. The quantitative estimate of drug-likeness (QED) is 0.642. The highest BCUT2D eigenvalue weighted by Crippen LogP contribution is 2.30. The molecule has 0 aromatic heterocycles. The van der Waals surface area contributed by atoms with Crippen LogP contribution in [0.5, 0.6) is 0 Å². The fourth-order valence-corrected chi connectivity index (χ4v) is 5.04. The van der Waals surface area contributed by atoms with E-state index in [1.54, 1.807) is 30.5 Å². The van der Waals surface area contributed by atoms with Crippen LogP contribution in [0, 0.1) is 5.92 Å². The number of esters is 2. The van der Waals surface area contributed by atoms with E-state index >= 15 is 0 Å². The van der Waals surface area contributed by atoms with Crippen molar-refractivity contribution in [3.05, 3.63) is 60.0 Å². The Morgan fingerprint density at radius 1 is 1.03 bits per heavy atom. The summed E-state index contributed by atoms with van der Waals surface area (Å²) in [6.45, 7) is 3.06. The summed E-state index contributed by atoms with van der Waals surface area (Å²) in [5, 5.41) is 0. The van der Waals surface area contributed by atoms with E-state index in [1.165, 1.54) is 41.6 Å². The van der Waals surface area contributed by atoms with E-state index in [1.807, 2.05) is 0 Å². The zero-order chi connectivity index (χ0) is 22.6. The summed E-state index contributed by atoms with van der Waals surface area (Å²) in [6.07, 6.45) is 7.86. The Labute approximate surface area is 182 Å². The molecule has 0 N–H and O–H groups in total. The van der Waals surface area contributed by atoms with Gasteiger partial charge in [-0.05, 0) is 49.1 Å². The van der Waals surface area contributed by atoms with Crippen molar-refractivity contribution >= 4 is 27.6 Å². The average Bonchev–Trinajstić information content (AvgIpc) is 3.01. The molecule has 0 spiro atoms. The molecule has 0 atom stereocenters. The second-order valence-corrected chi connectivity index (χ2v) is 9.34. The molecule has 1 saturated heterocycles. The van der Waals surface area contributed by atoms with Crippen molar-refractivity contribution in [2.45, 2.75) is 24.7 Å². The maximum absolute atomic E-state index is 13.2. The van der Waals surface area contributed by atoms with Gasteiger partial charge in [0.15, 0.2) is 0 Å². The Bertz CT molecular complexity index is 1050. The van der Waals surface area contributed by atoms with Crippen LogP contribution in [0.15, 0.2) is 64.9 Å². The smallest absolute Gasteiger partial charge is 0.355 e. The average molecular weight is 447 g/mol. The van der Waals surface area contributed by atoms with Crippen LogP contribution in [-0.2, 0) is 29.1 Å². The molecule has 3 rings (SSSR count). The lowest BCUT2D eigenvalue weighted by Gasteiger charge is -2.30. The molecule has 1 aromatic rings. The Morgan fingerprint density at radius 3 is 2.35 bits per heavy atom. The molecule has 2 heterocycles. The van der Waals surface area contributed by atoms with Crippen LogP contribution in [-0.4, -0.2) is 52.0 Å². The van der Waals surface area contributed by atoms with E-state index in [-0.39, 0.29) is 16.2 Å². The highest BCUT2D eigenvalue weighted by Gasteiger charge is 2.30. The van der Waals surface area contributed by atoms with E-state index in [9.17, 15) is 18.0 Å². The Hall–Kier alpha value is -2.91. The number of carbonyl (C=O) groups excluding carboxylic acids is 2. The first kappa shape index (κ1) is 22.8. The third-order valence-electron chi connectivity index (χ3n) is 5.37. The van der Waals surface area contributed by atoms with Crippen molar-refractivity contribution in [1.29, 1.82) is 0 Å². The lowest BCUT2D eigenvalue weighted by molar-refractivity contribution is -0.139. The summed E-state index contributed by atoms with van der Waals surface area (Å²) in [5.41, 5.74) is 0.325. The molecule has 0 aliphatic carbocycles. The van der Waals surface area contributed by atoms with Gasteiger partial charge in [0, 0.05) is 25.0 Å². The van der Waals surface area contributed by atoms with Crippen molar-refractivity contribution in [3.63, 3.8) is 0 Å². The predicted molar refractivity (Wildman–Crippen MR) is 115 cm³/mol. The molecule has 0 saturated carbocycles. The van der Waals surface area contributed by atoms with Crippen LogP contribution < -0.4 is 4.90 Å². The van der Waals surface area contributed by atoms with E-state index < -0.39 is 22.0 Å². The van der Waals surface area contributed by atoms with Gasteiger partial charge in [0.05, 0.1) is 24.7 Å². The normalized spacial score (nSPS) is 18.1. The molecule has 0 unspecified atom stereocenters. The summed E-state index contributed by atoms with van der Waals surface area (Å²) >= 11 is 0. The number of hydrogen-bond acceptors (Lipinski definition) is 7. The largest absolute Gasteiger partial charge is 0.465 e. The Balaban J connectivity index is 2.05. The first-order chi connectivity index (χ1) is 14.8. The number of sulfonamides is 1. The standard InChI is InChI=1S/C22H26N2O6S/c1-16-10-13-23(14-11-16)31(27,28)18-8-6-7-17(15-18)24-12-5-4-9-19(21(25)29-2)20(24)22(26)30-3/h4-9,12,15-16H,10-11,13-14H2,1-3H3. The molecule has 8 nitrogen and oxygen atoms in total. The molecule has 166 valence electrons. The second-order valence-electron chi connectivity index (χ2n) is 7.40. The minimum Gasteiger partial charge on any atom is -0.465 e. The molecular formula is C22H26N2O6S. The second kappa shape index (κ2) is 9.49. The summed E-state index contributed by atoms with van der Waals surface area (Å²) < 4.78 is 37.6. The molecule has 2 aliphatic heterocycles. The summed E-state index contributed by atoms with van der Waals surface area (Å²) in [5.74, 6) is -0.969. The maximum atomic E-state index is 13.2. The van der Waals surface area contributed by atoms with Crippen LogP contribution in [0.25, 0.3) is 0 Å². The molecular weight excluding hydrogens is 420 g/mol. The lowest BCUT2D eigenvalue weighted by atomic mass is 10.0. The zero-order valence-corrected chi connectivity index (χ0v) is 18.6. The number of piperidine rings is 1. The van der Waals surface area contributed by atoms with E-state index in [0.29, 0.717) is 24.7 Å². The first-order valence-electron chi connectivity index (χ1n) is 9.94. The van der Waals surface area contributed by atoms with Gasteiger partial charge >= 0.3 is 11.9 Å². The van der Waals surface area contributed by atoms with Gasteiger partial charge in [0.25, 0.3) is 0 Å². The number of hydrogen-bond donors (Lipinski definition) is 0. The van der Waals surface area contributed by atoms with E-state index in [0.717, 1.165) is 12.8 Å². The topological polar surface area (TPSA) is 93.2 Å². The van der Waals surface area contributed by atoms with Crippen LogP contribution in [0.4, 0.5) is 5.69 Å². The van der Waals surface area contributed by atoms with Crippen molar-refractivity contribution in [1.82, 2.24) is 4.31 Å². The summed E-state index contributed by atoms with van der Waals surface area (Å²) in [4.78, 5) is 26.4. The molecule has 1 aromatic carbocycles. The number of rotatable bonds is 5. The zero-order valence-electron chi connectivity index (χ0n) is 17.8. The monoisotopic (exact) mass is 446 g/mol. The van der Waals surface area contributed by atoms with Gasteiger partial charge in [0.1, 0.15) is 5.70 Å². The third-order valence-corrected chi connectivity index (χ3v) is 7.26. The van der Waals surface area contributed by atoms with Gasteiger partial charge in [-0.1, -0.05) is 19.1 Å². The Kier molecular flexibility index (Phi) is 6.97. The number of methoxy groups -OCH3 is 2. The number of ether oxygens (including phenoxy) is 2. The summed E-state index contributed by atoms with van der Waals surface area (Å²) in [6, 6.07) is 6.28. The SMILES string of the molecule is COC(=O)C1=C(C(=O)OC)N(c2cccc(S(=O)(=O)N3CCC(C)CC3)c2)C=CC=C1. The lowest BCUT2D eigenvalue weighted by Crippen LogP contribution is -2.37. The van der Waals surface area contributed by atoms with Crippen molar-refractivity contribution < 1.29 is 27.5 Å². The van der Waals surface area contributed by atoms with E-state index in [4.69, 9.17) is 9.47 Å². The number of benzene rings is 1. The van der Waals surface area contributed by atoms with Gasteiger partial charge in [0.2, 0.25) is 10.0 Å².